The fourth-order valence-electron chi connectivity index (χ4n) is 3.93. The highest BCUT2D eigenvalue weighted by Crippen LogP contribution is 2.44. The molecule has 2 aliphatic carbocycles. The van der Waals surface area contributed by atoms with Crippen molar-refractivity contribution in [3.8, 4) is 0 Å². The lowest BCUT2D eigenvalue weighted by molar-refractivity contribution is -0.126. The predicted octanol–water partition coefficient (Wildman–Crippen LogP) is 5.47. The van der Waals surface area contributed by atoms with Crippen molar-refractivity contribution >= 4 is 14.1 Å². The van der Waals surface area contributed by atoms with E-state index in [0.717, 1.165) is 32.1 Å². The number of Topliss-reactive ketones (excluding diaryl/α,β-unsaturated/α-hetero) is 1. The number of carbonyl (C=O) groups excluding carboxylic acids is 1. The van der Waals surface area contributed by atoms with Gasteiger partial charge in [-0.05, 0) is 70.2 Å². The van der Waals surface area contributed by atoms with Crippen molar-refractivity contribution < 1.29 is 9.22 Å². The zero-order chi connectivity index (χ0) is 16.5. The van der Waals surface area contributed by atoms with E-state index in [1.807, 2.05) is 0 Å². The van der Waals surface area contributed by atoms with Crippen molar-refractivity contribution in [3.05, 3.63) is 23.5 Å². The molecule has 0 spiro atoms. The van der Waals surface area contributed by atoms with Gasteiger partial charge in [-0.3, -0.25) is 4.79 Å². The summed E-state index contributed by atoms with van der Waals surface area (Å²) < 4.78 is 6.39. The SMILES string of the molecule is C=C(C)[C@H]1CC(O[Si](C)(C)C)=C(C)[C@H]([C@@H]2CCCCC2=O)C1. The molecule has 0 heterocycles. The summed E-state index contributed by atoms with van der Waals surface area (Å²) in [6.07, 6.45) is 6.16. The largest absolute Gasteiger partial charge is 0.547 e. The molecule has 0 N–H and O–H groups in total. The van der Waals surface area contributed by atoms with Crippen LogP contribution in [-0.4, -0.2) is 14.1 Å². The summed E-state index contributed by atoms with van der Waals surface area (Å²) in [6, 6.07) is 0. The molecule has 0 unspecified atom stereocenters. The molecule has 0 bridgehead atoms. The Morgan fingerprint density at radius 2 is 1.91 bits per heavy atom. The molecular formula is C19H32O2Si. The van der Waals surface area contributed by atoms with Gasteiger partial charge in [0.05, 0.1) is 5.76 Å². The molecule has 0 aromatic rings. The van der Waals surface area contributed by atoms with Crippen molar-refractivity contribution in [1.82, 2.24) is 0 Å². The van der Waals surface area contributed by atoms with Gasteiger partial charge < -0.3 is 4.43 Å². The summed E-state index contributed by atoms with van der Waals surface area (Å²) in [5.74, 6) is 2.70. The summed E-state index contributed by atoms with van der Waals surface area (Å²) in [7, 11) is -1.62. The van der Waals surface area contributed by atoms with Crippen LogP contribution in [-0.2, 0) is 9.22 Å². The van der Waals surface area contributed by atoms with E-state index in [9.17, 15) is 4.79 Å². The molecule has 1 fully saturated rings. The van der Waals surface area contributed by atoms with E-state index in [0.29, 0.717) is 17.6 Å². The predicted molar refractivity (Wildman–Crippen MR) is 95.1 cm³/mol. The monoisotopic (exact) mass is 320 g/mol. The normalized spacial score (nSPS) is 30.4. The highest BCUT2D eigenvalue weighted by molar-refractivity contribution is 6.70. The molecule has 3 atom stereocenters. The first kappa shape index (κ1) is 17.5. The van der Waals surface area contributed by atoms with Crippen LogP contribution >= 0.6 is 0 Å². The van der Waals surface area contributed by atoms with Crippen LogP contribution in [0.4, 0.5) is 0 Å². The van der Waals surface area contributed by atoms with Crippen LogP contribution in [0.5, 0.6) is 0 Å². The van der Waals surface area contributed by atoms with E-state index in [1.165, 1.54) is 23.3 Å². The third-order valence-electron chi connectivity index (χ3n) is 5.18. The van der Waals surface area contributed by atoms with E-state index < -0.39 is 8.32 Å². The van der Waals surface area contributed by atoms with Crippen LogP contribution < -0.4 is 0 Å². The maximum Gasteiger partial charge on any atom is 0.241 e. The average molecular weight is 321 g/mol. The molecule has 0 aliphatic heterocycles. The summed E-state index contributed by atoms with van der Waals surface area (Å²) in [5, 5.41) is 0. The molecule has 3 heteroatoms. The van der Waals surface area contributed by atoms with Gasteiger partial charge in [0.1, 0.15) is 5.78 Å². The maximum absolute atomic E-state index is 12.4. The lowest BCUT2D eigenvalue weighted by Gasteiger charge is -2.39. The molecule has 0 saturated heterocycles. The topological polar surface area (TPSA) is 26.3 Å². The molecule has 2 nitrogen and oxygen atoms in total. The molecule has 0 radical (unpaired) electrons. The van der Waals surface area contributed by atoms with Gasteiger partial charge in [-0.15, -0.1) is 0 Å². The van der Waals surface area contributed by atoms with Crippen molar-refractivity contribution in [1.29, 1.82) is 0 Å². The van der Waals surface area contributed by atoms with Crippen molar-refractivity contribution in [3.63, 3.8) is 0 Å². The summed E-state index contributed by atoms with van der Waals surface area (Å²) in [5.41, 5.74) is 2.58. The molecular weight excluding hydrogens is 288 g/mol. The summed E-state index contributed by atoms with van der Waals surface area (Å²) >= 11 is 0. The zero-order valence-corrected chi connectivity index (χ0v) is 16.0. The third-order valence-corrected chi connectivity index (χ3v) is 6.04. The average Bonchev–Trinajstić information content (AvgIpc) is 2.40. The second-order valence-electron chi connectivity index (χ2n) is 8.23. The first-order valence-corrected chi connectivity index (χ1v) is 12.2. The number of hydrogen-bond donors (Lipinski definition) is 0. The third kappa shape index (κ3) is 4.12. The fraction of sp³-hybridized carbons (Fsp3) is 0.737. The fourth-order valence-corrected chi connectivity index (χ4v) is 4.91. The molecule has 0 amide bonds. The number of ketones is 1. The second kappa shape index (κ2) is 6.73. The van der Waals surface area contributed by atoms with Gasteiger partial charge in [0.25, 0.3) is 0 Å². The van der Waals surface area contributed by atoms with E-state index in [4.69, 9.17) is 4.43 Å². The summed E-state index contributed by atoms with van der Waals surface area (Å²) in [6.45, 7) is 15.2. The van der Waals surface area contributed by atoms with Gasteiger partial charge in [0.2, 0.25) is 8.32 Å². The molecule has 22 heavy (non-hydrogen) atoms. The molecule has 2 aliphatic rings. The lowest BCUT2D eigenvalue weighted by atomic mass is 9.68. The van der Waals surface area contributed by atoms with Gasteiger partial charge >= 0.3 is 0 Å². The van der Waals surface area contributed by atoms with Crippen molar-refractivity contribution in [2.45, 2.75) is 72.0 Å². The van der Waals surface area contributed by atoms with Gasteiger partial charge in [0, 0.05) is 18.8 Å². The molecule has 2 rings (SSSR count). The van der Waals surface area contributed by atoms with Crippen LogP contribution in [0.15, 0.2) is 23.5 Å². The van der Waals surface area contributed by atoms with Crippen LogP contribution in [0.25, 0.3) is 0 Å². The van der Waals surface area contributed by atoms with E-state index >= 15 is 0 Å². The number of carbonyl (C=O) groups is 1. The standard InChI is InChI=1S/C19H32O2Si/c1-13(2)15-11-17(16-9-7-8-10-18(16)20)14(3)19(12-15)21-22(4,5)6/h15-17H,1,7-12H2,2-6H3/t15-,16+,17-/m1/s1. The van der Waals surface area contributed by atoms with E-state index in [2.05, 4.69) is 40.1 Å². The van der Waals surface area contributed by atoms with Crippen LogP contribution in [0.3, 0.4) is 0 Å². The molecule has 0 aromatic carbocycles. The van der Waals surface area contributed by atoms with E-state index in [-0.39, 0.29) is 5.92 Å². The number of rotatable bonds is 4. The molecule has 1 saturated carbocycles. The van der Waals surface area contributed by atoms with Gasteiger partial charge in [0.15, 0.2) is 0 Å². The quantitative estimate of drug-likeness (QED) is 0.507. The second-order valence-corrected chi connectivity index (χ2v) is 12.7. The Bertz CT molecular complexity index is 484. The smallest absolute Gasteiger partial charge is 0.241 e. The van der Waals surface area contributed by atoms with Gasteiger partial charge in [-0.2, -0.15) is 0 Å². The lowest BCUT2D eigenvalue weighted by Crippen LogP contribution is -2.35. The van der Waals surface area contributed by atoms with Crippen LogP contribution in [0, 0.1) is 17.8 Å². The van der Waals surface area contributed by atoms with Crippen molar-refractivity contribution in [2.24, 2.45) is 17.8 Å². The molecule has 124 valence electrons. The zero-order valence-electron chi connectivity index (χ0n) is 15.0. The maximum atomic E-state index is 12.4. The van der Waals surface area contributed by atoms with Gasteiger partial charge in [-0.1, -0.05) is 18.6 Å². The minimum absolute atomic E-state index is 0.219. The number of allylic oxidation sites excluding steroid dienone is 3. The van der Waals surface area contributed by atoms with Crippen LogP contribution in [0.2, 0.25) is 19.6 Å². The van der Waals surface area contributed by atoms with E-state index in [1.54, 1.807) is 0 Å². The first-order chi connectivity index (χ1) is 10.2. The highest BCUT2D eigenvalue weighted by Gasteiger charge is 2.38. The first-order valence-electron chi connectivity index (χ1n) is 8.76. The Hall–Kier alpha value is -0.833. The highest BCUT2D eigenvalue weighted by atomic mass is 28.4. The minimum atomic E-state index is -1.62. The molecule has 0 aromatic heterocycles. The Morgan fingerprint density at radius 1 is 1.23 bits per heavy atom. The Balaban J connectivity index is 2.30. The minimum Gasteiger partial charge on any atom is -0.547 e. The Kier molecular flexibility index (Phi) is 5.36. The van der Waals surface area contributed by atoms with Crippen LogP contribution in [0.1, 0.15) is 52.4 Å². The summed E-state index contributed by atoms with van der Waals surface area (Å²) in [4.78, 5) is 12.4. The number of hydrogen-bond acceptors (Lipinski definition) is 2. The Morgan fingerprint density at radius 3 is 2.45 bits per heavy atom. The van der Waals surface area contributed by atoms with Crippen molar-refractivity contribution in [2.75, 3.05) is 0 Å². The van der Waals surface area contributed by atoms with Gasteiger partial charge in [-0.25, -0.2) is 0 Å². The Labute approximate surface area is 137 Å².